The molecule has 0 saturated heterocycles. The Balaban J connectivity index is 1.48. The Morgan fingerprint density at radius 2 is 2.25 bits per heavy atom. The van der Waals surface area contributed by atoms with Crippen LogP contribution in [-0.4, -0.2) is 44.1 Å². The first-order chi connectivity index (χ1) is 13.7. The molecule has 2 amide bonds. The fourth-order valence-corrected chi connectivity index (χ4v) is 3.06. The summed E-state index contributed by atoms with van der Waals surface area (Å²) in [4.78, 5) is 37.2. The van der Waals surface area contributed by atoms with Crippen LogP contribution in [0.5, 0.6) is 5.75 Å². The third-order valence-electron chi connectivity index (χ3n) is 4.38. The molecule has 0 aliphatic carbocycles. The SMILES string of the molecule is COc1cccc2c1NC(=O)CC2C(=O)NCc1nc(-c2cnccn2)n[nH]1. The van der Waals surface area contributed by atoms with E-state index in [1.807, 2.05) is 6.07 Å². The lowest BCUT2D eigenvalue weighted by Gasteiger charge is -2.26. The number of nitrogens with one attached hydrogen (secondary N) is 3. The van der Waals surface area contributed by atoms with Gasteiger partial charge in [-0.15, -0.1) is 0 Å². The van der Waals surface area contributed by atoms with Crippen molar-refractivity contribution in [1.82, 2.24) is 30.5 Å². The van der Waals surface area contributed by atoms with Gasteiger partial charge in [-0.05, 0) is 11.6 Å². The minimum Gasteiger partial charge on any atom is -0.495 e. The molecule has 0 bridgehead atoms. The van der Waals surface area contributed by atoms with Gasteiger partial charge in [0.1, 0.15) is 17.3 Å². The molecule has 1 unspecified atom stereocenters. The van der Waals surface area contributed by atoms with Crippen LogP contribution in [0.25, 0.3) is 11.5 Å². The number of H-pyrrole nitrogens is 1. The van der Waals surface area contributed by atoms with Gasteiger partial charge in [0, 0.05) is 18.8 Å². The van der Waals surface area contributed by atoms with Gasteiger partial charge in [0.05, 0.1) is 31.5 Å². The van der Waals surface area contributed by atoms with Crippen LogP contribution in [0.4, 0.5) is 5.69 Å². The van der Waals surface area contributed by atoms with Crippen molar-refractivity contribution in [1.29, 1.82) is 0 Å². The Bertz CT molecular complexity index is 1020. The van der Waals surface area contributed by atoms with Crippen LogP contribution >= 0.6 is 0 Å². The van der Waals surface area contributed by atoms with Gasteiger partial charge >= 0.3 is 0 Å². The number of anilines is 1. The first-order valence-corrected chi connectivity index (χ1v) is 8.58. The summed E-state index contributed by atoms with van der Waals surface area (Å²) in [5.74, 6) is 0.265. The maximum atomic E-state index is 12.7. The average Bonchev–Trinajstić information content (AvgIpc) is 3.20. The summed E-state index contributed by atoms with van der Waals surface area (Å²) in [6.45, 7) is 0.142. The standard InChI is InChI=1S/C18H17N7O3/c1-28-13-4-2-3-10-11(7-15(26)23-16(10)13)18(27)21-9-14-22-17(25-24-14)12-8-19-5-6-20-12/h2-6,8,11H,7,9H2,1H3,(H,21,27)(H,23,26)(H,22,24,25). The number of hydrogen-bond donors (Lipinski definition) is 3. The molecule has 0 fully saturated rings. The van der Waals surface area contributed by atoms with Crippen LogP contribution in [0.1, 0.15) is 23.7 Å². The number of amides is 2. The minimum absolute atomic E-state index is 0.0628. The molecule has 3 aromatic rings. The molecule has 1 atom stereocenters. The second-order valence-electron chi connectivity index (χ2n) is 6.14. The fraction of sp³-hybridized carbons (Fsp3) is 0.222. The van der Waals surface area contributed by atoms with E-state index in [1.165, 1.54) is 7.11 Å². The number of rotatable bonds is 5. The molecule has 3 N–H and O–H groups in total. The molecule has 2 aromatic heterocycles. The molecule has 1 aliphatic rings. The van der Waals surface area contributed by atoms with E-state index in [1.54, 1.807) is 30.7 Å². The molecule has 28 heavy (non-hydrogen) atoms. The summed E-state index contributed by atoms with van der Waals surface area (Å²) in [5.41, 5.74) is 1.78. The Morgan fingerprint density at radius 1 is 1.36 bits per heavy atom. The van der Waals surface area contributed by atoms with Crippen molar-refractivity contribution in [3.8, 4) is 17.3 Å². The molecule has 0 spiro atoms. The number of benzene rings is 1. The Morgan fingerprint density at radius 3 is 3.04 bits per heavy atom. The summed E-state index contributed by atoms with van der Waals surface area (Å²) in [5, 5.41) is 12.4. The van der Waals surface area contributed by atoms with Crippen molar-refractivity contribution in [2.45, 2.75) is 18.9 Å². The quantitative estimate of drug-likeness (QED) is 0.602. The average molecular weight is 379 g/mol. The molecular formula is C18H17N7O3. The Hall–Kier alpha value is -3.82. The smallest absolute Gasteiger partial charge is 0.228 e. The van der Waals surface area contributed by atoms with Crippen LogP contribution < -0.4 is 15.4 Å². The maximum Gasteiger partial charge on any atom is 0.228 e. The van der Waals surface area contributed by atoms with Gasteiger partial charge in [-0.2, -0.15) is 5.10 Å². The highest BCUT2D eigenvalue weighted by Gasteiger charge is 2.32. The van der Waals surface area contributed by atoms with E-state index in [4.69, 9.17) is 4.74 Å². The number of hydrogen-bond acceptors (Lipinski definition) is 7. The highest BCUT2D eigenvalue weighted by atomic mass is 16.5. The zero-order valence-corrected chi connectivity index (χ0v) is 15.0. The molecule has 10 heteroatoms. The van der Waals surface area contributed by atoms with Crippen LogP contribution in [0.3, 0.4) is 0 Å². The Labute approximate surface area is 159 Å². The first kappa shape index (κ1) is 17.6. The lowest BCUT2D eigenvalue weighted by atomic mass is 9.89. The van der Waals surface area contributed by atoms with E-state index in [2.05, 4.69) is 35.8 Å². The number of para-hydroxylation sites is 1. The summed E-state index contributed by atoms with van der Waals surface area (Å²) < 4.78 is 5.28. The molecule has 0 radical (unpaired) electrons. The van der Waals surface area contributed by atoms with E-state index >= 15 is 0 Å². The largest absolute Gasteiger partial charge is 0.495 e. The molecule has 142 valence electrons. The van der Waals surface area contributed by atoms with Crippen molar-refractivity contribution < 1.29 is 14.3 Å². The number of aromatic nitrogens is 5. The van der Waals surface area contributed by atoms with E-state index in [0.29, 0.717) is 34.3 Å². The number of methoxy groups -OCH3 is 1. The van der Waals surface area contributed by atoms with Crippen LogP contribution in [0.2, 0.25) is 0 Å². The van der Waals surface area contributed by atoms with E-state index in [-0.39, 0.29) is 24.8 Å². The molecule has 0 saturated carbocycles. The van der Waals surface area contributed by atoms with E-state index in [0.717, 1.165) is 0 Å². The second kappa shape index (κ2) is 7.43. The van der Waals surface area contributed by atoms with Crippen molar-refractivity contribution >= 4 is 17.5 Å². The van der Waals surface area contributed by atoms with Crippen LogP contribution in [0.15, 0.2) is 36.8 Å². The lowest BCUT2D eigenvalue weighted by Crippen LogP contribution is -2.35. The minimum atomic E-state index is -0.610. The lowest BCUT2D eigenvalue weighted by molar-refractivity contribution is -0.126. The predicted octanol–water partition coefficient (Wildman–Crippen LogP) is 1.01. The summed E-state index contributed by atoms with van der Waals surface area (Å²) in [6, 6.07) is 5.34. The molecule has 1 aliphatic heterocycles. The topological polar surface area (TPSA) is 135 Å². The van der Waals surface area contributed by atoms with Crippen molar-refractivity contribution in [3.63, 3.8) is 0 Å². The summed E-state index contributed by atoms with van der Waals surface area (Å²) in [7, 11) is 1.52. The summed E-state index contributed by atoms with van der Waals surface area (Å²) >= 11 is 0. The number of ether oxygens (including phenoxy) is 1. The Kier molecular flexibility index (Phi) is 4.67. The van der Waals surface area contributed by atoms with Gasteiger partial charge in [0.25, 0.3) is 0 Å². The molecule has 4 rings (SSSR count). The van der Waals surface area contributed by atoms with Crippen molar-refractivity contribution in [3.05, 3.63) is 48.2 Å². The number of fused-ring (bicyclic) bond motifs is 1. The molecular weight excluding hydrogens is 362 g/mol. The van der Waals surface area contributed by atoms with Gasteiger partial charge in [-0.25, -0.2) is 9.97 Å². The van der Waals surface area contributed by atoms with E-state index in [9.17, 15) is 9.59 Å². The van der Waals surface area contributed by atoms with Crippen LogP contribution in [0, 0.1) is 0 Å². The predicted molar refractivity (Wildman–Crippen MR) is 98.2 cm³/mol. The van der Waals surface area contributed by atoms with Crippen LogP contribution in [-0.2, 0) is 16.1 Å². The number of nitrogens with zero attached hydrogens (tertiary/aromatic N) is 4. The molecule has 1 aromatic carbocycles. The first-order valence-electron chi connectivity index (χ1n) is 8.58. The zero-order chi connectivity index (χ0) is 19.5. The van der Waals surface area contributed by atoms with Gasteiger partial charge in [0.15, 0.2) is 0 Å². The van der Waals surface area contributed by atoms with Gasteiger partial charge in [-0.1, -0.05) is 12.1 Å². The number of aromatic amines is 1. The van der Waals surface area contributed by atoms with Gasteiger partial charge in [-0.3, -0.25) is 19.7 Å². The van der Waals surface area contributed by atoms with Gasteiger partial charge < -0.3 is 15.4 Å². The monoisotopic (exact) mass is 379 g/mol. The third-order valence-corrected chi connectivity index (χ3v) is 4.38. The highest BCUT2D eigenvalue weighted by molar-refractivity contribution is 6.02. The second-order valence-corrected chi connectivity index (χ2v) is 6.14. The summed E-state index contributed by atoms with van der Waals surface area (Å²) in [6.07, 6.45) is 4.72. The number of carbonyl (C=O) groups excluding carboxylic acids is 2. The van der Waals surface area contributed by atoms with E-state index < -0.39 is 5.92 Å². The zero-order valence-electron chi connectivity index (χ0n) is 15.0. The molecule has 10 nitrogen and oxygen atoms in total. The maximum absolute atomic E-state index is 12.7. The third kappa shape index (κ3) is 3.39. The molecule has 3 heterocycles. The van der Waals surface area contributed by atoms with Gasteiger partial charge in [0.2, 0.25) is 17.6 Å². The van der Waals surface area contributed by atoms with Crippen molar-refractivity contribution in [2.75, 3.05) is 12.4 Å². The number of carbonyl (C=O) groups is 2. The highest BCUT2D eigenvalue weighted by Crippen LogP contribution is 2.38. The van der Waals surface area contributed by atoms with Crippen molar-refractivity contribution in [2.24, 2.45) is 0 Å². The fourth-order valence-electron chi connectivity index (χ4n) is 3.06. The normalized spacial score (nSPS) is 15.5.